The summed E-state index contributed by atoms with van der Waals surface area (Å²) in [5, 5.41) is 10.8. The second-order valence-corrected chi connectivity index (χ2v) is 19.5. The average molecular weight is 938 g/mol. The van der Waals surface area contributed by atoms with Crippen LogP contribution in [0.5, 0.6) is 0 Å². The van der Waals surface area contributed by atoms with Gasteiger partial charge in [0, 0.05) is 40.0 Å². The summed E-state index contributed by atoms with van der Waals surface area (Å²) in [5.41, 5.74) is 20.3. The molecule has 0 N–H and O–H groups in total. The van der Waals surface area contributed by atoms with E-state index in [0.717, 1.165) is 66.5 Å². The highest BCUT2D eigenvalue weighted by molar-refractivity contribution is 6.26. The minimum atomic E-state index is 0.623. The third kappa shape index (κ3) is 6.07. The summed E-state index contributed by atoms with van der Waals surface area (Å²) in [7, 11) is 0. The summed E-state index contributed by atoms with van der Waals surface area (Å²) >= 11 is 0. The molecule has 0 spiro atoms. The fraction of sp³-hybridized carbons (Fsp3) is 0. The third-order valence-corrected chi connectivity index (χ3v) is 15.5. The molecule has 0 bridgehead atoms. The maximum absolute atomic E-state index is 5.37. The van der Waals surface area contributed by atoms with Crippen molar-refractivity contribution in [2.45, 2.75) is 0 Å². The Morgan fingerprint density at radius 1 is 0.243 bits per heavy atom. The van der Waals surface area contributed by atoms with Gasteiger partial charge in [-0.15, -0.1) is 0 Å². The molecule has 74 heavy (non-hydrogen) atoms. The van der Waals surface area contributed by atoms with Crippen LogP contribution in [0.2, 0.25) is 0 Å². The first kappa shape index (κ1) is 40.7. The smallest absolute Gasteiger partial charge is 0.164 e. The first-order chi connectivity index (χ1) is 36.7. The molecule has 2 aliphatic carbocycles. The van der Waals surface area contributed by atoms with Crippen molar-refractivity contribution in [1.29, 1.82) is 0 Å². The molecule has 3 aromatic heterocycles. The molecule has 0 radical (unpaired) electrons. The van der Waals surface area contributed by atoms with Crippen LogP contribution < -0.4 is 0 Å². The van der Waals surface area contributed by atoms with Crippen LogP contribution in [0.25, 0.3) is 166 Å². The van der Waals surface area contributed by atoms with Crippen molar-refractivity contribution < 1.29 is 0 Å². The van der Waals surface area contributed by atoms with Gasteiger partial charge in [-0.1, -0.05) is 182 Å². The van der Waals surface area contributed by atoms with Gasteiger partial charge >= 0.3 is 0 Å². The van der Waals surface area contributed by atoms with Gasteiger partial charge in [-0.25, -0.2) is 15.0 Å². The lowest BCUT2D eigenvalue weighted by Gasteiger charge is -2.15. The van der Waals surface area contributed by atoms with E-state index in [2.05, 4.69) is 205 Å². The number of hydrogen-bond acceptors (Lipinski definition) is 5. The quantitative estimate of drug-likeness (QED) is 0.166. The van der Waals surface area contributed by atoms with E-state index >= 15 is 0 Å². The summed E-state index contributed by atoms with van der Waals surface area (Å²) in [4.78, 5) is 25.5. The lowest BCUT2D eigenvalue weighted by molar-refractivity contribution is 1.08. The van der Waals surface area contributed by atoms with Crippen LogP contribution in [0.4, 0.5) is 0 Å². The Bertz CT molecular complexity index is 4730. The van der Waals surface area contributed by atoms with E-state index in [0.29, 0.717) is 17.5 Å². The van der Waals surface area contributed by atoms with Crippen LogP contribution in [-0.2, 0) is 0 Å². The third-order valence-electron chi connectivity index (χ3n) is 15.5. The maximum Gasteiger partial charge on any atom is 0.164 e. The number of hydrogen-bond donors (Lipinski definition) is 0. The van der Waals surface area contributed by atoms with E-state index in [-0.39, 0.29) is 0 Å². The van der Waals surface area contributed by atoms with Crippen molar-refractivity contribution in [3.05, 3.63) is 237 Å². The number of aromatic nitrogens is 5. The highest BCUT2D eigenvalue weighted by atomic mass is 15.0. The Balaban J connectivity index is 0.827. The fourth-order valence-corrected chi connectivity index (χ4v) is 12.2. The van der Waals surface area contributed by atoms with Gasteiger partial charge in [0.25, 0.3) is 0 Å². The average Bonchev–Trinajstić information content (AvgIpc) is 4.06. The molecule has 0 saturated heterocycles. The van der Waals surface area contributed by atoms with Crippen molar-refractivity contribution in [3.63, 3.8) is 0 Å². The van der Waals surface area contributed by atoms with Crippen molar-refractivity contribution in [3.8, 4) is 112 Å². The van der Waals surface area contributed by atoms with E-state index in [1.54, 1.807) is 0 Å². The van der Waals surface area contributed by atoms with Gasteiger partial charge in [0.15, 0.2) is 17.5 Å². The zero-order valence-corrected chi connectivity index (χ0v) is 39.8. The van der Waals surface area contributed by atoms with Crippen LogP contribution in [0.1, 0.15) is 0 Å². The molecule has 14 aromatic rings. The van der Waals surface area contributed by atoms with Crippen molar-refractivity contribution in [2.75, 3.05) is 0 Å². The zero-order valence-electron chi connectivity index (χ0n) is 39.8. The SMILES string of the molecule is c1ccc(-c2nc(-c3cccc(-c4cc5c(c6ccccc46)-c4cccc6c(-c7cc(-c8ccc9cccnc9c8)ccn7)ccc-5c46)c3)nc(-c3ccc4c5c(cccc35)-c3c-4ccc4ccccc34)n2)cc1. The first-order valence-corrected chi connectivity index (χ1v) is 25.1. The Morgan fingerprint density at radius 2 is 0.838 bits per heavy atom. The number of rotatable bonds is 6. The summed E-state index contributed by atoms with van der Waals surface area (Å²) in [6.45, 7) is 0. The Morgan fingerprint density at radius 3 is 1.69 bits per heavy atom. The predicted molar refractivity (Wildman–Crippen MR) is 304 cm³/mol. The molecule has 0 saturated carbocycles. The minimum Gasteiger partial charge on any atom is -0.256 e. The van der Waals surface area contributed by atoms with Crippen molar-refractivity contribution in [1.82, 2.24) is 24.9 Å². The predicted octanol–water partition coefficient (Wildman–Crippen LogP) is 17.7. The Kier molecular flexibility index (Phi) is 8.68. The van der Waals surface area contributed by atoms with E-state index < -0.39 is 0 Å². The fourth-order valence-electron chi connectivity index (χ4n) is 12.2. The molecule has 5 heteroatoms. The second kappa shape index (κ2) is 15.8. The summed E-state index contributed by atoms with van der Waals surface area (Å²) in [6.07, 6.45) is 3.77. The van der Waals surface area contributed by atoms with E-state index in [1.807, 2.05) is 36.7 Å². The van der Waals surface area contributed by atoms with Gasteiger partial charge in [0.2, 0.25) is 0 Å². The number of benzene rings is 11. The summed E-state index contributed by atoms with van der Waals surface area (Å²) in [6, 6.07) is 80.7. The minimum absolute atomic E-state index is 0.623. The molecule has 5 nitrogen and oxygen atoms in total. The molecule has 2 aliphatic rings. The van der Waals surface area contributed by atoms with Crippen LogP contribution >= 0.6 is 0 Å². The highest BCUT2D eigenvalue weighted by Crippen LogP contribution is 2.55. The van der Waals surface area contributed by atoms with E-state index in [4.69, 9.17) is 19.9 Å². The molecule has 0 fully saturated rings. The number of fused-ring (bicyclic) bond motifs is 11. The Hall–Kier alpha value is -9.97. The molecular weight excluding hydrogens is 899 g/mol. The van der Waals surface area contributed by atoms with Crippen molar-refractivity contribution >= 4 is 54.0 Å². The lowest BCUT2D eigenvalue weighted by atomic mass is 9.89. The number of pyridine rings is 2. The lowest BCUT2D eigenvalue weighted by Crippen LogP contribution is -2.01. The normalized spacial score (nSPS) is 12.1. The van der Waals surface area contributed by atoms with Gasteiger partial charge in [-0.3, -0.25) is 9.97 Å². The van der Waals surface area contributed by atoms with Crippen LogP contribution in [0.3, 0.4) is 0 Å². The van der Waals surface area contributed by atoms with Gasteiger partial charge in [-0.2, -0.15) is 0 Å². The van der Waals surface area contributed by atoms with E-state index in [1.165, 1.54) is 82.2 Å². The highest BCUT2D eigenvalue weighted by Gasteiger charge is 2.28. The maximum atomic E-state index is 5.37. The molecule has 3 heterocycles. The zero-order chi connectivity index (χ0) is 48.4. The van der Waals surface area contributed by atoms with Crippen molar-refractivity contribution in [2.24, 2.45) is 0 Å². The molecule has 0 aliphatic heterocycles. The van der Waals surface area contributed by atoms with Crippen LogP contribution in [0.15, 0.2) is 237 Å². The van der Waals surface area contributed by atoms with Crippen LogP contribution in [-0.4, -0.2) is 24.9 Å². The number of nitrogens with zero attached hydrogens (tertiary/aromatic N) is 5. The van der Waals surface area contributed by atoms with E-state index in [9.17, 15) is 0 Å². The molecular formula is C69H39N5. The molecule has 0 unspecified atom stereocenters. The standard InChI is InChI=1S/C69H39N5/c1-2-13-42(14-3-1)67-72-68(74-69(73-67)56-32-31-54-53-28-27-40-12-4-5-18-47(40)63(53)57-23-10-22-52(56)65(54)57)46-16-8-15-45(36-46)59-39-60-55-30-29-49(51-21-9-24-58(64(51)55)66(60)50-20-7-6-19-48(50)59)62-38-44(33-35-71-62)43-26-25-41-17-11-34-70-61(41)37-43/h1-39H. The molecule has 0 atom stereocenters. The van der Waals surface area contributed by atoms with Gasteiger partial charge in [-0.05, 0) is 152 Å². The topological polar surface area (TPSA) is 64.5 Å². The first-order valence-electron chi connectivity index (χ1n) is 25.1. The molecule has 340 valence electrons. The van der Waals surface area contributed by atoms with Gasteiger partial charge in [0.1, 0.15) is 0 Å². The van der Waals surface area contributed by atoms with Gasteiger partial charge < -0.3 is 0 Å². The molecule has 16 rings (SSSR count). The summed E-state index contributed by atoms with van der Waals surface area (Å²) in [5.74, 6) is 1.90. The molecule has 0 amide bonds. The monoisotopic (exact) mass is 937 g/mol. The Labute approximate surface area is 425 Å². The van der Waals surface area contributed by atoms with Crippen LogP contribution in [0, 0.1) is 0 Å². The van der Waals surface area contributed by atoms with Gasteiger partial charge in [0.05, 0.1) is 11.2 Å². The molecule has 11 aromatic carbocycles. The largest absolute Gasteiger partial charge is 0.256 e. The summed E-state index contributed by atoms with van der Waals surface area (Å²) < 4.78 is 0. The second-order valence-electron chi connectivity index (χ2n) is 19.5.